The molecule has 1 aromatic heterocycles. The molecule has 0 fully saturated rings. The second kappa shape index (κ2) is 7.86. The lowest BCUT2D eigenvalue weighted by atomic mass is 9.89. The lowest BCUT2D eigenvalue weighted by Crippen LogP contribution is -2.10. The van der Waals surface area contributed by atoms with Crippen LogP contribution in [0.3, 0.4) is 0 Å². The second-order valence-corrected chi connectivity index (χ2v) is 6.10. The molecule has 0 saturated carbocycles. The van der Waals surface area contributed by atoms with E-state index in [-0.39, 0.29) is 31.2 Å². The Kier molecular flexibility index (Phi) is 5.36. The van der Waals surface area contributed by atoms with Crippen LogP contribution < -0.4 is 0 Å². The number of rotatable bonds is 6. The van der Waals surface area contributed by atoms with Gasteiger partial charge in [0, 0.05) is 18.2 Å². The molecule has 1 aromatic carbocycles. The lowest BCUT2D eigenvalue weighted by molar-refractivity contribution is -0.145. The summed E-state index contributed by atoms with van der Waals surface area (Å²) in [7, 11) is 0. The van der Waals surface area contributed by atoms with Crippen molar-refractivity contribution in [3.05, 3.63) is 65.0 Å². The predicted octanol–water partition coefficient (Wildman–Crippen LogP) is 3.67. The Morgan fingerprint density at radius 3 is 2.62 bits per heavy atom. The largest absolute Gasteiger partial charge is 0.459 e. The van der Waals surface area contributed by atoms with E-state index in [1.807, 2.05) is 24.3 Å². The molecule has 0 radical (unpaired) electrons. The number of hydrogen-bond acceptors (Lipinski definition) is 4. The van der Waals surface area contributed by atoms with E-state index < -0.39 is 0 Å². The van der Waals surface area contributed by atoms with Crippen LogP contribution >= 0.6 is 0 Å². The van der Waals surface area contributed by atoms with Gasteiger partial charge in [-0.05, 0) is 55.0 Å². The maximum absolute atomic E-state index is 12.3. The molecule has 0 N–H and O–H groups in total. The molecule has 4 nitrogen and oxygen atoms in total. The molecule has 0 unspecified atom stereocenters. The average molecular weight is 323 g/mol. The Bertz CT molecular complexity index is 725. The standard InChI is InChI=1S/C20H21NO3/c22-19(17-9-8-15-5-1-2-6-16(15)13-17)10-11-20(23)24-14-18-7-3-4-12-21-18/h3-4,7-9,12-13H,1-2,5-6,10-11,14H2. The zero-order valence-electron chi connectivity index (χ0n) is 13.7. The number of pyridine rings is 1. The third kappa shape index (κ3) is 4.28. The normalized spacial score (nSPS) is 13.2. The minimum Gasteiger partial charge on any atom is -0.459 e. The number of hydrogen-bond donors (Lipinski definition) is 0. The van der Waals surface area contributed by atoms with E-state index in [2.05, 4.69) is 11.1 Å². The smallest absolute Gasteiger partial charge is 0.306 e. The zero-order valence-corrected chi connectivity index (χ0v) is 13.7. The first-order valence-electron chi connectivity index (χ1n) is 8.43. The van der Waals surface area contributed by atoms with Crippen LogP contribution in [0.15, 0.2) is 42.6 Å². The molecule has 0 aliphatic heterocycles. The average Bonchev–Trinajstić information content (AvgIpc) is 2.65. The van der Waals surface area contributed by atoms with Gasteiger partial charge in [-0.1, -0.05) is 18.2 Å². The predicted molar refractivity (Wildman–Crippen MR) is 90.7 cm³/mol. The Hall–Kier alpha value is -2.49. The van der Waals surface area contributed by atoms with E-state index in [0.717, 1.165) is 12.8 Å². The number of aryl methyl sites for hydroxylation is 2. The molecule has 0 amide bonds. The molecule has 1 heterocycles. The van der Waals surface area contributed by atoms with Crippen molar-refractivity contribution < 1.29 is 14.3 Å². The molecule has 1 aliphatic carbocycles. The molecule has 2 aromatic rings. The van der Waals surface area contributed by atoms with Crippen molar-refractivity contribution in [3.8, 4) is 0 Å². The molecule has 1 aliphatic rings. The summed E-state index contributed by atoms with van der Waals surface area (Å²) in [6.07, 6.45) is 6.49. The molecule has 4 heteroatoms. The van der Waals surface area contributed by atoms with E-state index >= 15 is 0 Å². The Balaban J connectivity index is 1.49. The quantitative estimate of drug-likeness (QED) is 0.601. The summed E-state index contributed by atoms with van der Waals surface area (Å²) in [6, 6.07) is 11.4. The van der Waals surface area contributed by atoms with E-state index in [0.29, 0.717) is 11.3 Å². The number of carbonyl (C=O) groups excluding carboxylic acids is 2. The monoisotopic (exact) mass is 323 g/mol. The molecule has 0 saturated heterocycles. The maximum Gasteiger partial charge on any atom is 0.306 e. The van der Waals surface area contributed by atoms with Gasteiger partial charge in [0.25, 0.3) is 0 Å². The molecule has 124 valence electrons. The molecule has 0 bridgehead atoms. The number of aromatic nitrogens is 1. The van der Waals surface area contributed by atoms with Gasteiger partial charge in [-0.25, -0.2) is 0 Å². The Labute approximate surface area is 141 Å². The molecular formula is C20H21NO3. The van der Waals surface area contributed by atoms with Crippen molar-refractivity contribution >= 4 is 11.8 Å². The Morgan fingerprint density at radius 1 is 1.00 bits per heavy atom. The highest BCUT2D eigenvalue weighted by molar-refractivity contribution is 5.97. The third-order valence-electron chi connectivity index (χ3n) is 4.33. The minimum absolute atomic E-state index is 0.00170. The van der Waals surface area contributed by atoms with Gasteiger partial charge in [-0.3, -0.25) is 14.6 Å². The first-order valence-corrected chi connectivity index (χ1v) is 8.43. The van der Waals surface area contributed by atoms with E-state index in [1.165, 1.54) is 24.0 Å². The van der Waals surface area contributed by atoms with Crippen molar-refractivity contribution in [1.82, 2.24) is 4.98 Å². The fourth-order valence-corrected chi connectivity index (χ4v) is 2.98. The van der Waals surface area contributed by atoms with E-state index in [4.69, 9.17) is 4.74 Å². The van der Waals surface area contributed by atoms with Crippen molar-refractivity contribution in [3.63, 3.8) is 0 Å². The van der Waals surface area contributed by atoms with Crippen LogP contribution in [0.25, 0.3) is 0 Å². The lowest BCUT2D eigenvalue weighted by Gasteiger charge is -2.16. The summed E-state index contributed by atoms with van der Waals surface area (Å²) < 4.78 is 5.15. The highest BCUT2D eigenvalue weighted by atomic mass is 16.5. The highest BCUT2D eigenvalue weighted by Crippen LogP contribution is 2.23. The number of esters is 1. The number of fused-ring (bicyclic) bond motifs is 1. The summed E-state index contributed by atoms with van der Waals surface area (Å²) in [4.78, 5) is 28.2. The SMILES string of the molecule is O=C(CCC(=O)c1ccc2c(c1)CCCC2)OCc1ccccn1. The second-order valence-electron chi connectivity index (χ2n) is 6.10. The third-order valence-corrected chi connectivity index (χ3v) is 4.33. The van der Waals surface area contributed by atoms with Gasteiger partial charge < -0.3 is 4.74 Å². The summed E-state index contributed by atoms with van der Waals surface area (Å²) in [5, 5.41) is 0. The van der Waals surface area contributed by atoms with Crippen LogP contribution in [0.1, 0.15) is 52.9 Å². The number of carbonyl (C=O) groups is 2. The first-order chi connectivity index (χ1) is 11.7. The van der Waals surface area contributed by atoms with Gasteiger partial charge in [0.15, 0.2) is 5.78 Å². The number of ether oxygens (including phenoxy) is 1. The van der Waals surface area contributed by atoms with Crippen molar-refractivity contribution in [2.24, 2.45) is 0 Å². The molecule has 0 atom stereocenters. The molecular weight excluding hydrogens is 302 g/mol. The summed E-state index contributed by atoms with van der Waals surface area (Å²) >= 11 is 0. The van der Waals surface area contributed by atoms with Crippen LogP contribution in [0.2, 0.25) is 0 Å². The number of ketones is 1. The van der Waals surface area contributed by atoms with Crippen LogP contribution in [0, 0.1) is 0 Å². The van der Waals surface area contributed by atoms with Gasteiger partial charge >= 0.3 is 5.97 Å². The molecule has 24 heavy (non-hydrogen) atoms. The molecule has 0 spiro atoms. The summed E-state index contributed by atoms with van der Waals surface area (Å²) in [5.41, 5.74) is 4.04. The fourth-order valence-electron chi connectivity index (χ4n) is 2.98. The van der Waals surface area contributed by atoms with Crippen molar-refractivity contribution in [1.29, 1.82) is 0 Å². The van der Waals surface area contributed by atoms with E-state index in [1.54, 1.807) is 12.3 Å². The van der Waals surface area contributed by atoms with Crippen molar-refractivity contribution in [2.75, 3.05) is 0 Å². The minimum atomic E-state index is -0.369. The van der Waals surface area contributed by atoms with Gasteiger partial charge in [0.05, 0.1) is 12.1 Å². The first kappa shape index (κ1) is 16.4. The molecule has 3 rings (SSSR count). The van der Waals surface area contributed by atoms with Crippen LogP contribution in [-0.2, 0) is 29.0 Å². The van der Waals surface area contributed by atoms with Crippen LogP contribution in [0.4, 0.5) is 0 Å². The van der Waals surface area contributed by atoms with Gasteiger partial charge in [0.1, 0.15) is 6.61 Å². The maximum atomic E-state index is 12.3. The van der Waals surface area contributed by atoms with Gasteiger partial charge in [-0.15, -0.1) is 0 Å². The van der Waals surface area contributed by atoms with Gasteiger partial charge in [-0.2, -0.15) is 0 Å². The van der Waals surface area contributed by atoms with Crippen LogP contribution in [0.5, 0.6) is 0 Å². The van der Waals surface area contributed by atoms with E-state index in [9.17, 15) is 9.59 Å². The summed E-state index contributed by atoms with van der Waals surface area (Å²) in [6.45, 7) is 0.146. The van der Waals surface area contributed by atoms with Crippen LogP contribution in [-0.4, -0.2) is 16.7 Å². The number of Topliss-reactive ketones (excluding diaryl/α,β-unsaturated/α-hetero) is 1. The number of nitrogens with zero attached hydrogens (tertiary/aromatic N) is 1. The Morgan fingerprint density at radius 2 is 1.83 bits per heavy atom. The number of benzene rings is 1. The van der Waals surface area contributed by atoms with Crippen molar-refractivity contribution in [2.45, 2.75) is 45.1 Å². The van der Waals surface area contributed by atoms with Gasteiger partial charge in [0.2, 0.25) is 0 Å². The topological polar surface area (TPSA) is 56.3 Å². The highest BCUT2D eigenvalue weighted by Gasteiger charge is 2.14. The zero-order chi connectivity index (χ0) is 16.8. The summed E-state index contributed by atoms with van der Waals surface area (Å²) in [5.74, 6) is -0.370. The fraction of sp³-hybridized carbons (Fsp3) is 0.350.